The van der Waals surface area contributed by atoms with Gasteiger partial charge in [-0.15, -0.1) is 0 Å². The number of benzene rings is 1. The molecule has 1 aliphatic carbocycles. The maximum absolute atomic E-state index is 12.4. The van der Waals surface area contributed by atoms with E-state index in [9.17, 15) is 4.79 Å². The van der Waals surface area contributed by atoms with Gasteiger partial charge in [-0.25, -0.2) is 4.79 Å². The Labute approximate surface area is 140 Å². The van der Waals surface area contributed by atoms with Crippen LogP contribution >= 0.6 is 0 Å². The van der Waals surface area contributed by atoms with Crippen LogP contribution in [0.4, 0.5) is 4.79 Å². The lowest BCUT2D eigenvalue weighted by molar-refractivity contribution is -0.0421. The van der Waals surface area contributed by atoms with Gasteiger partial charge in [-0.2, -0.15) is 4.98 Å². The Bertz CT molecular complexity index is 769. The Balaban J connectivity index is 1.49. The van der Waals surface area contributed by atoms with Gasteiger partial charge >= 0.3 is 6.03 Å². The molecule has 2 aliphatic rings. The second-order valence-electron chi connectivity index (χ2n) is 6.39. The molecule has 24 heavy (non-hydrogen) atoms. The first kappa shape index (κ1) is 15.1. The van der Waals surface area contributed by atoms with Crippen LogP contribution < -0.4 is 5.32 Å². The topological polar surface area (TPSA) is 80.5 Å². The third-order valence-corrected chi connectivity index (χ3v) is 4.79. The van der Waals surface area contributed by atoms with E-state index in [0.717, 1.165) is 18.4 Å². The Morgan fingerprint density at radius 1 is 1.38 bits per heavy atom. The highest BCUT2D eigenvalue weighted by molar-refractivity contribution is 5.75. The summed E-state index contributed by atoms with van der Waals surface area (Å²) in [6.45, 7) is 3.02. The van der Waals surface area contributed by atoms with Crippen molar-refractivity contribution in [3.63, 3.8) is 0 Å². The van der Waals surface area contributed by atoms with E-state index in [0.29, 0.717) is 24.9 Å². The first-order valence-corrected chi connectivity index (χ1v) is 8.16. The molecule has 126 valence electrons. The molecule has 7 nitrogen and oxygen atoms in total. The summed E-state index contributed by atoms with van der Waals surface area (Å²) in [6.07, 6.45) is 1.84. The van der Waals surface area contributed by atoms with Gasteiger partial charge < -0.3 is 19.5 Å². The summed E-state index contributed by atoms with van der Waals surface area (Å²) >= 11 is 0. The molecule has 1 aliphatic heterocycles. The van der Waals surface area contributed by atoms with Gasteiger partial charge in [0.15, 0.2) is 0 Å². The van der Waals surface area contributed by atoms with E-state index in [1.165, 1.54) is 11.1 Å². The zero-order chi connectivity index (χ0) is 16.7. The smallest absolute Gasteiger partial charge is 0.318 e. The molecule has 1 fully saturated rings. The monoisotopic (exact) mass is 328 g/mol. The molecule has 1 aromatic carbocycles. The SMILES string of the molecule is Cc1nc(-c2ccc3c(c2)CC[C@H]3NC(=O)N(C)C2COC2)no1. The molecule has 2 amide bonds. The molecular weight excluding hydrogens is 308 g/mol. The van der Waals surface area contributed by atoms with Crippen LogP contribution in [0.2, 0.25) is 0 Å². The van der Waals surface area contributed by atoms with E-state index >= 15 is 0 Å². The van der Waals surface area contributed by atoms with Gasteiger partial charge in [-0.1, -0.05) is 17.3 Å². The number of carbonyl (C=O) groups is 1. The maximum atomic E-state index is 12.4. The van der Waals surface area contributed by atoms with Crippen molar-refractivity contribution in [1.29, 1.82) is 0 Å². The number of aromatic nitrogens is 2. The Morgan fingerprint density at radius 3 is 2.88 bits per heavy atom. The largest absolute Gasteiger partial charge is 0.377 e. The van der Waals surface area contributed by atoms with Crippen LogP contribution in [0, 0.1) is 6.92 Å². The summed E-state index contributed by atoms with van der Waals surface area (Å²) in [7, 11) is 1.82. The van der Waals surface area contributed by atoms with E-state index < -0.39 is 0 Å². The number of fused-ring (bicyclic) bond motifs is 1. The third kappa shape index (κ3) is 2.65. The number of aryl methyl sites for hydroxylation is 2. The summed E-state index contributed by atoms with van der Waals surface area (Å²) in [5.74, 6) is 1.16. The second-order valence-corrected chi connectivity index (χ2v) is 6.39. The normalized spacial score (nSPS) is 19.7. The molecule has 0 unspecified atom stereocenters. The Hall–Kier alpha value is -2.41. The zero-order valence-electron chi connectivity index (χ0n) is 13.8. The van der Waals surface area contributed by atoms with Crippen molar-refractivity contribution in [3.8, 4) is 11.4 Å². The summed E-state index contributed by atoms with van der Waals surface area (Å²) in [6, 6.07) is 6.33. The van der Waals surface area contributed by atoms with Gasteiger partial charge in [-0.3, -0.25) is 0 Å². The van der Waals surface area contributed by atoms with E-state index in [2.05, 4.69) is 27.6 Å². The number of urea groups is 1. The molecule has 2 heterocycles. The summed E-state index contributed by atoms with van der Waals surface area (Å²) in [5.41, 5.74) is 3.35. The molecule has 0 bridgehead atoms. The predicted molar refractivity (Wildman–Crippen MR) is 86.4 cm³/mol. The van der Waals surface area contributed by atoms with Crippen LogP contribution in [0.5, 0.6) is 0 Å². The second kappa shape index (κ2) is 5.90. The van der Waals surface area contributed by atoms with Crippen molar-refractivity contribution in [3.05, 3.63) is 35.2 Å². The average Bonchev–Trinajstić information content (AvgIpc) is 3.12. The van der Waals surface area contributed by atoms with Gasteiger partial charge in [0.25, 0.3) is 0 Å². The quantitative estimate of drug-likeness (QED) is 0.933. The van der Waals surface area contributed by atoms with Crippen LogP contribution in [0.15, 0.2) is 22.7 Å². The molecule has 0 saturated carbocycles. The number of nitrogens with one attached hydrogen (secondary N) is 1. The molecule has 1 aromatic heterocycles. The van der Waals surface area contributed by atoms with Gasteiger partial charge in [0.05, 0.1) is 25.3 Å². The highest BCUT2D eigenvalue weighted by atomic mass is 16.5. The summed E-state index contributed by atoms with van der Waals surface area (Å²) < 4.78 is 10.2. The number of hydrogen-bond donors (Lipinski definition) is 1. The molecular formula is C17H20N4O3. The molecule has 4 rings (SSSR count). The minimum Gasteiger partial charge on any atom is -0.377 e. The number of nitrogens with zero attached hydrogens (tertiary/aromatic N) is 3. The Morgan fingerprint density at radius 2 is 2.21 bits per heavy atom. The van der Waals surface area contributed by atoms with E-state index in [1.54, 1.807) is 11.8 Å². The molecule has 1 N–H and O–H groups in total. The Kier molecular flexibility index (Phi) is 3.72. The molecule has 2 aromatic rings. The number of amides is 2. The fourth-order valence-electron chi connectivity index (χ4n) is 3.19. The van der Waals surface area contributed by atoms with Crippen LogP contribution in [0.25, 0.3) is 11.4 Å². The van der Waals surface area contributed by atoms with Gasteiger partial charge in [0, 0.05) is 19.5 Å². The van der Waals surface area contributed by atoms with Crippen LogP contribution in [-0.2, 0) is 11.2 Å². The van der Waals surface area contributed by atoms with Crippen molar-refractivity contribution < 1.29 is 14.1 Å². The molecule has 0 radical (unpaired) electrons. The zero-order valence-corrected chi connectivity index (χ0v) is 13.8. The van der Waals surface area contributed by atoms with E-state index in [1.807, 2.05) is 13.1 Å². The van der Waals surface area contributed by atoms with Crippen LogP contribution in [0.3, 0.4) is 0 Å². The maximum Gasteiger partial charge on any atom is 0.318 e. The lowest BCUT2D eigenvalue weighted by Crippen LogP contribution is -2.53. The van der Waals surface area contributed by atoms with Gasteiger partial charge in [0.1, 0.15) is 0 Å². The lowest BCUT2D eigenvalue weighted by Gasteiger charge is -2.35. The number of ether oxygens (including phenoxy) is 1. The fourth-order valence-corrected chi connectivity index (χ4v) is 3.19. The molecule has 1 saturated heterocycles. The number of hydrogen-bond acceptors (Lipinski definition) is 5. The predicted octanol–water partition coefficient (Wildman–Crippen LogP) is 2.07. The highest BCUT2D eigenvalue weighted by Crippen LogP contribution is 2.33. The van der Waals surface area contributed by atoms with Crippen LogP contribution in [-0.4, -0.2) is 47.4 Å². The minimum atomic E-state index is -0.0426. The third-order valence-electron chi connectivity index (χ3n) is 4.79. The van der Waals surface area contributed by atoms with Crippen molar-refractivity contribution in [2.24, 2.45) is 0 Å². The summed E-state index contributed by atoms with van der Waals surface area (Å²) in [5, 5.41) is 7.09. The number of carbonyl (C=O) groups excluding carboxylic acids is 1. The van der Waals surface area contributed by atoms with Crippen LogP contribution in [0.1, 0.15) is 29.5 Å². The van der Waals surface area contributed by atoms with Gasteiger partial charge in [-0.05, 0) is 30.0 Å². The number of likely N-dealkylation sites (N-methyl/N-ethyl adjacent to an activating group) is 1. The van der Waals surface area contributed by atoms with E-state index in [-0.39, 0.29) is 18.1 Å². The van der Waals surface area contributed by atoms with Gasteiger partial charge in [0.2, 0.25) is 11.7 Å². The molecule has 1 atom stereocenters. The summed E-state index contributed by atoms with van der Waals surface area (Å²) in [4.78, 5) is 18.4. The standard InChI is InChI=1S/C17H20N4O3/c1-10-18-16(20-24-10)12-3-5-14-11(7-12)4-6-15(14)19-17(22)21(2)13-8-23-9-13/h3,5,7,13,15H,4,6,8-9H2,1-2H3,(H,19,22)/t15-/m1/s1. The van der Waals surface area contributed by atoms with Crippen molar-refractivity contribution >= 4 is 6.03 Å². The molecule has 0 spiro atoms. The first-order valence-electron chi connectivity index (χ1n) is 8.16. The van der Waals surface area contributed by atoms with Crippen molar-refractivity contribution in [2.75, 3.05) is 20.3 Å². The lowest BCUT2D eigenvalue weighted by atomic mass is 10.0. The fraction of sp³-hybridized carbons (Fsp3) is 0.471. The minimum absolute atomic E-state index is 0.0426. The average molecular weight is 328 g/mol. The number of rotatable bonds is 3. The van der Waals surface area contributed by atoms with E-state index in [4.69, 9.17) is 9.26 Å². The van der Waals surface area contributed by atoms with Crippen molar-refractivity contribution in [1.82, 2.24) is 20.4 Å². The highest BCUT2D eigenvalue weighted by Gasteiger charge is 2.30. The molecule has 7 heteroatoms. The first-order chi connectivity index (χ1) is 11.6. The van der Waals surface area contributed by atoms with Crippen molar-refractivity contribution in [2.45, 2.75) is 31.8 Å².